The number of ketones is 2. The Hall–Kier alpha value is -1.22. The molecule has 3 nitrogen and oxygen atoms in total. The molecule has 0 radical (unpaired) electrons. The Morgan fingerprint density at radius 2 is 1.19 bits per heavy atom. The number of hydrogen-bond donors (Lipinski definition) is 1. The lowest BCUT2D eigenvalue weighted by Crippen LogP contribution is -2.27. The molecule has 0 aromatic rings. The van der Waals surface area contributed by atoms with Crippen LogP contribution in [0.4, 0.5) is 0 Å². The van der Waals surface area contributed by atoms with E-state index in [0.29, 0.717) is 41.1 Å². The fraction of sp³-hybridized carbons (Fsp3) is 0.786. The molecular formula is C28H48O3. The monoisotopic (exact) mass is 432 g/mol. The summed E-state index contributed by atoms with van der Waals surface area (Å²) in [6.45, 7) is 16.3. The van der Waals surface area contributed by atoms with Crippen molar-refractivity contribution < 1.29 is 14.7 Å². The molecule has 1 N–H and O–H groups in total. The Bertz CT molecular complexity index is 678. The zero-order chi connectivity index (χ0) is 23.8. The van der Waals surface area contributed by atoms with E-state index in [1.165, 1.54) is 38.5 Å². The highest BCUT2D eigenvalue weighted by molar-refractivity contribution is 6.24. The molecule has 0 bridgehead atoms. The molecule has 3 heteroatoms. The van der Waals surface area contributed by atoms with Crippen LogP contribution < -0.4 is 0 Å². The molecule has 31 heavy (non-hydrogen) atoms. The third-order valence-corrected chi connectivity index (χ3v) is 7.27. The summed E-state index contributed by atoms with van der Waals surface area (Å²) >= 11 is 0. The van der Waals surface area contributed by atoms with Crippen LogP contribution in [0.1, 0.15) is 120 Å². The van der Waals surface area contributed by atoms with Crippen LogP contribution in [0.3, 0.4) is 0 Å². The predicted octanol–water partition coefficient (Wildman–Crippen LogP) is 7.37. The molecule has 0 saturated heterocycles. The van der Waals surface area contributed by atoms with Gasteiger partial charge in [-0.05, 0) is 71.1 Å². The van der Waals surface area contributed by atoms with Gasteiger partial charge in [0.05, 0.1) is 5.60 Å². The summed E-state index contributed by atoms with van der Waals surface area (Å²) in [6.07, 6.45) is 10.5. The maximum absolute atomic E-state index is 12.6. The molecule has 1 unspecified atom stereocenters. The third-order valence-electron chi connectivity index (χ3n) is 7.27. The molecule has 0 spiro atoms. The van der Waals surface area contributed by atoms with Crippen molar-refractivity contribution in [2.24, 2.45) is 17.8 Å². The van der Waals surface area contributed by atoms with E-state index in [1.807, 2.05) is 6.92 Å². The van der Waals surface area contributed by atoms with Crippen LogP contribution in [-0.4, -0.2) is 22.3 Å². The summed E-state index contributed by atoms with van der Waals surface area (Å²) in [5.74, 6) is 2.16. The molecule has 0 aliphatic heterocycles. The lowest BCUT2D eigenvalue weighted by atomic mass is 9.81. The summed E-state index contributed by atoms with van der Waals surface area (Å²) in [5.41, 5.74) is 1.45. The van der Waals surface area contributed by atoms with Crippen LogP contribution in [0.15, 0.2) is 22.3 Å². The molecule has 178 valence electrons. The van der Waals surface area contributed by atoms with Gasteiger partial charge in [-0.15, -0.1) is 0 Å². The number of carbonyl (C=O) groups excluding carboxylic acids is 2. The van der Waals surface area contributed by atoms with Crippen molar-refractivity contribution in [1.82, 2.24) is 0 Å². The van der Waals surface area contributed by atoms with Crippen molar-refractivity contribution in [1.29, 1.82) is 0 Å². The number of hydrogen-bond acceptors (Lipinski definition) is 3. The Balaban J connectivity index is 2.38. The smallest absolute Gasteiger partial charge is 0.185 e. The van der Waals surface area contributed by atoms with Gasteiger partial charge in [-0.2, -0.15) is 0 Å². The van der Waals surface area contributed by atoms with Gasteiger partial charge in [-0.3, -0.25) is 9.59 Å². The predicted molar refractivity (Wildman–Crippen MR) is 131 cm³/mol. The SMILES string of the molecule is CC1=C(C)C(=O)C(CCC(C)(O)CC[C@H](C)CCC[C@H](C)CCCC(C)C)=C(C)C1=O. The van der Waals surface area contributed by atoms with E-state index in [0.717, 1.165) is 24.7 Å². The first-order valence-corrected chi connectivity index (χ1v) is 12.5. The second-order valence-corrected chi connectivity index (χ2v) is 11.0. The fourth-order valence-electron chi connectivity index (χ4n) is 4.51. The summed E-state index contributed by atoms with van der Waals surface area (Å²) in [5, 5.41) is 10.9. The molecule has 0 aromatic carbocycles. The first kappa shape index (κ1) is 27.8. The Kier molecular flexibility index (Phi) is 11.4. The van der Waals surface area contributed by atoms with E-state index in [1.54, 1.807) is 20.8 Å². The lowest BCUT2D eigenvalue weighted by Gasteiger charge is -2.27. The maximum Gasteiger partial charge on any atom is 0.185 e. The molecule has 3 atom stereocenters. The zero-order valence-corrected chi connectivity index (χ0v) is 21.6. The van der Waals surface area contributed by atoms with E-state index in [9.17, 15) is 14.7 Å². The minimum atomic E-state index is -0.806. The van der Waals surface area contributed by atoms with Crippen LogP contribution >= 0.6 is 0 Å². The summed E-state index contributed by atoms with van der Waals surface area (Å²) in [6, 6.07) is 0. The van der Waals surface area contributed by atoms with Gasteiger partial charge in [0.2, 0.25) is 0 Å². The molecule has 0 fully saturated rings. The van der Waals surface area contributed by atoms with Crippen LogP contribution in [0.2, 0.25) is 0 Å². The van der Waals surface area contributed by atoms with Gasteiger partial charge < -0.3 is 5.11 Å². The average molecular weight is 433 g/mol. The Morgan fingerprint density at radius 1 is 0.710 bits per heavy atom. The van der Waals surface area contributed by atoms with Crippen molar-refractivity contribution in [2.45, 2.75) is 125 Å². The molecule has 0 saturated carbocycles. The van der Waals surface area contributed by atoms with Gasteiger partial charge in [0.25, 0.3) is 0 Å². The van der Waals surface area contributed by atoms with Gasteiger partial charge in [-0.1, -0.05) is 66.2 Å². The Labute approximate surface area is 191 Å². The van der Waals surface area contributed by atoms with Crippen molar-refractivity contribution in [3.63, 3.8) is 0 Å². The van der Waals surface area contributed by atoms with Gasteiger partial charge in [-0.25, -0.2) is 0 Å². The lowest BCUT2D eigenvalue weighted by molar-refractivity contribution is -0.116. The number of allylic oxidation sites excluding steroid dienone is 4. The van der Waals surface area contributed by atoms with Gasteiger partial charge in [0.15, 0.2) is 11.6 Å². The van der Waals surface area contributed by atoms with E-state index in [-0.39, 0.29) is 11.6 Å². The van der Waals surface area contributed by atoms with Crippen molar-refractivity contribution >= 4 is 11.6 Å². The Morgan fingerprint density at radius 3 is 1.74 bits per heavy atom. The standard InChI is InChI=1S/C28H48O3/c1-19(2)11-9-12-20(3)13-10-14-21(4)15-17-28(8,31)18-16-25-24(7)26(29)22(5)23(6)27(25)30/h19-21,31H,9-18H2,1-8H3/t20-,21-,28?/m1/s1. The maximum atomic E-state index is 12.6. The van der Waals surface area contributed by atoms with Gasteiger partial charge in [0, 0.05) is 22.3 Å². The number of rotatable bonds is 14. The molecule has 0 amide bonds. The van der Waals surface area contributed by atoms with Crippen LogP contribution in [-0.2, 0) is 9.59 Å². The van der Waals surface area contributed by atoms with Crippen LogP contribution in [0.5, 0.6) is 0 Å². The van der Waals surface area contributed by atoms with E-state index >= 15 is 0 Å². The molecule has 0 aromatic heterocycles. The largest absolute Gasteiger partial charge is 0.390 e. The highest BCUT2D eigenvalue weighted by Crippen LogP contribution is 2.31. The molecule has 1 aliphatic carbocycles. The van der Waals surface area contributed by atoms with Gasteiger partial charge >= 0.3 is 0 Å². The average Bonchev–Trinajstić information content (AvgIpc) is 2.69. The quantitative estimate of drug-likeness (QED) is 0.291. The van der Waals surface area contributed by atoms with Crippen LogP contribution in [0, 0.1) is 17.8 Å². The second kappa shape index (κ2) is 12.7. The van der Waals surface area contributed by atoms with Crippen LogP contribution in [0.25, 0.3) is 0 Å². The zero-order valence-electron chi connectivity index (χ0n) is 21.6. The van der Waals surface area contributed by atoms with Crippen molar-refractivity contribution in [3.8, 4) is 0 Å². The van der Waals surface area contributed by atoms with Crippen molar-refractivity contribution in [3.05, 3.63) is 22.3 Å². The summed E-state index contributed by atoms with van der Waals surface area (Å²) < 4.78 is 0. The first-order valence-electron chi connectivity index (χ1n) is 12.5. The molecular weight excluding hydrogens is 384 g/mol. The topological polar surface area (TPSA) is 54.4 Å². The number of aliphatic hydroxyl groups is 1. The summed E-state index contributed by atoms with van der Waals surface area (Å²) in [7, 11) is 0. The normalized spacial score (nSPS) is 19.3. The number of Topliss-reactive ketones (excluding diaryl/α,β-unsaturated/α-hetero) is 2. The fourth-order valence-corrected chi connectivity index (χ4v) is 4.51. The molecule has 0 heterocycles. The van der Waals surface area contributed by atoms with Crippen molar-refractivity contribution in [2.75, 3.05) is 0 Å². The van der Waals surface area contributed by atoms with E-state index in [2.05, 4.69) is 27.7 Å². The second-order valence-electron chi connectivity index (χ2n) is 11.0. The molecule has 1 aliphatic rings. The number of carbonyl (C=O) groups is 2. The van der Waals surface area contributed by atoms with E-state index in [4.69, 9.17) is 0 Å². The third kappa shape index (κ3) is 9.43. The highest BCUT2D eigenvalue weighted by atomic mass is 16.3. The minimum absolute atomic E-state index is 0.0266. The van der Waals surface area contributed by atoms with E-state index < -0.39 is 5.60 Å². The highest BCUT2D eigenvalue weighted by Gasteiger charge is 2.30. The first-order chi connectivity index (χ1) is 14.4. The minimum Gasteiger partial charge on any atom is -0.390 e. The molecule has 1 rings (SSSR count). The summed E-state index contributed by atoms with van der Waals surface area (Å²) in [4.78, 5) is 24.9. The van der Waals surface area contributed by atoms with Gasteiger partial charge in [0.1, 0.15) is 0 Å².